The van der Waals surface area contributed by atoms with E-state index in [2.05, 4.69) is 32.9 Å². The molecule has 1 aliphatic rings. The zero-order valence-corrected chi connectivity index (χ0v) is 10.6. The molecule has 2 nitrogen and oxygen atoms in total. The van der Waals surface area contributed by atoms with Gasteiger partial charge in [-0.3, -0.25) is 0 Å². The Kier molecular flexibility index (Phi) is 2.70. The predicted molar refractivity (Wildman–Crippen MR) is 66.8 cm³/mol. The van der Waals surface area contributed by atoms with Crippen LogP contribution in [0, 0.1) is 6.92 Å². The predicted octanol–water partition coefficient (Wildman–Crippen LogP) is 3.12. The molecule has 0 aromatic heterocycles. The molecule has 0 saturated heterocycles. The molecule has 1 aromatic rings. The summed E-state index contributed by atoms with van der Waals surface area (Å²) in [5, 5.41) is 0. The van der Waals surface area contributed by atoms with E-state index >= 15 is 0 Å². The van der Waals surface area contributed by atoms with Crippen molar-refractivity contribution >= 4 is 0 Å². The first-order valence-corrected chi connectivity index (χ1v) is 5.97. The van der Waals surface area contributed by atoms with Crippen molar-refractivity contribution in [1.82, 2.24) is 0 Å². The average molecular weight is 219 g/mol. The van der Waals surface area contributed by atoms with Crippen LogP contribution in [0.4, 0.5) is 0 Å². The van der Waals surface area contributed by atoms with Gasteiger partial charge in [0, 0.05) is 6.04 Å². The Labute approximate surface area is 97.8 Å². The summed E-state index contributed by atoms with van der Waals surface area (Å²) in [4.78, 5) is 0. The Balaban J connectivity index is 2.42. The number of hydrogen-bond donors (Lipinski definition) is 1. The summed E-state index contributed by atoms with van der Waals surface area (Å²) in [5.74, 6) is 1.04. The number of fused-ring (bicyclic) bond motifs is 1. The molecule has 0 bridgehead atoms. The summed E-state index contributed by atoms with van der Waals surface area (Å²) in [6, 6.07) is 4.44. The second kappa shape index (κ2) is 3.77. The summed E-state index contributed by atoms with van der Waals surface area (Å²) in [6.45, 7) is 8.42. The van der Waals surface area contributed by atoms with E-state index < -0.39 is 0 Å². The molecule has 0 aliphatic carbocycles. The monoisotopic (exact) mass is 219 g/mol. The first-order valence-electron chi connectivity index (χ1n) is 5.97. The summed E-state index contributed by atoms with van der Waals surface area (Å²) >= 11 is 0. The van der Waals surface area contributed by atoms with Gasteiger partial charge in [-0.05, 0) is 63.3 Å². The fraction of sp³-hybridized carbons (Fsp3) is 0.571. The summed E-state index contributed by atoms with van der Waals surface area (Å²) in [5.41, 5.74) is 9.70. The molecular weight excluding hydrogens is 198 g/mol. The maximum Gasteiger partial charge on any atom is 0.123 e. The lowest BCUT2D eigenvalue weighted by Gasteiger charge is -2.33. The minimum Gasteiger partial charge on any atom is -0.488 e. The summed E-state index contributed by atoms with van der Waals surface area (Å²) in [7, 11) is 0. The molecule has 0 fully saturated rings. The minimum absolute atomic E-state index is 0.0325. The molecular formula is C14H21NO. The van der Waals surface area contributed by atoms with Gasteiger partial charge in [0.15, 0.2) is 0 Å². The second-order valence-electron chi connectivity index (χ2n) is 5.47. The lowest BCUT2D eigenvalue weighted by molar-refractivity contribution is 0.0845. The van der Waals surface area contributed by atoms with Crippen LogP contribution in [0.2, 0.25) is 0 Å². The molecule has 1 atom stereocenters. The fourth-order valence-electron chi connectivity index (χ4n) is 2.31. The zero-order valence-electron chi connectivity index (χ0n) is 10.6. The largest absolute Gasteiger partial charge is 0.488 e. The molecule has 0 amide bonds. The number of rotatable bonds is 1. The Morgan fingerprint density at radius 1 is 1.38 bits per heavy atom. The molecule has 0 radical (unpaired) electrons. The summed E-state index contributed by atoms with van der Waals surface area (Å²) in [6.07, 6.45) is 2.16. The van der Waals surface area contributed by atoms with Gasteiger partial charge in [0.1, 0.15) is 11.4 Å². The van der Waals surface area contributed by atoms with Crippen molar-refractivity contribution in [2.75, 3.05) is 0 Å². The van der Waals surface area contributed by atoms with Gasteiger partial charge in [0.25, 0.3) is 0 Å². The van der Waals surface area contributed by atoms with E-state index in [1.807, 2.05) is 6.92 Å². The van der Waals surface area contributed by atoms with Gasteiger partial charge >= 0.3 is 0 Å². The first-order chi connectivity index (χ1) is 7.39. The molecule has 2 rings (SSSR count). The van der Waals surface area contributed by atoms with Gasteiger partial charge in [0.05, 0.1) is 0 Å². The van der Waals surface area contributed by atoms with Crippen LogP contribution in [0.25, 0.3) is 0 Å². The van der Waals surface area contributed by atoms with E-state index in [1.54, 1.807) is 0 Å². The number of nitrogens with two attached hydrogens (primary N) is 1. The Bertz CT molecular complexity index is 407. The van der Waals surface area contributed by atoms with E-state index in [4.69, 9.17) is 10.5 Å². The van der Waals surface area contributed by atoms with Gasteiger partial charge in [0.2, 0.25) is 0 Å². The molecule has 88 valence electrons. The maximum absolute atomic E-state index is 5.99. The van der Waals surface area contributed by atoms with Gasteiger partial charge in [-0.15, -0.1) is 0 Å². The average Bonchev–Trinajstić information content (AvgIpc) is 2.14. The Hall–Kier alpha value is -1.02. The highest BCUT2D eigenvalue weighted by molar-refractivity contribution is 5.44. The van der Waals surface area contributed by atoms with Gasteiger partial charge in [-0.1, -0.05) is 6.07 Å². The fourth-order valence-corrected chi connectivity index (χ4v) is 2.31. The number of benzene rings is 1. The Morgan fingerprint density at radius 2 is 2.06 bits per heavy atom. The van der Waals surface area contributed by atoms with Crippen LogP contribution in [-0.4, -0.2) is 5.60 Å². The third kappa shape index (κ3) is 2.07. The third-order valence-electron chi connectivity index (χ3n) is 3.32. The van der Waals surface area contributed by atoms with Crippen LogP contribution < -0.4 is 10.5 Å². The molecule has 0 saturated carbocycles. The topological polar surface area (TPSA) is 35.2 Å². The molecule has 0 spiro atoms. The van der Waals surface area contributed by atoms with Crippen molar-refractivity contribution < 1.29 is 4.74 Å². The molecule has 1 unspecified atom stereocenters. The first kappa shape index (κ1) is 11.5. The SMILES string of the molecule is Cc1cc2c(cc1C(C)N)CCC(C)(C)O2. The van der Waals surface area contributed by atoms with Crippen LogP contribution >= 0.6 is 0 Å². The quantitative estimate of drug-likeness (QED) is 0.787. The van der Waals surface area contributed by atoms with E-state index in [0.29, 0.717) is 0 Å². The van der Waals surface area contributed by atoms with Crippen molar-refractivity contribution in [2.45, 2.75) is 52.2 Å². The second-order valence-corrected chi connectivity index (χ2v) is 5.47. The standard InChI is InChI=1S/C14H21NO/c1-9-7-13-11(8-12(9)10(2)15)5-6-14(3,4)16-13/h7-8,10H,5-6,15H2,1-4H3. The molecule has 16 heavy (non-hydrogen) atoms. The van der Waals surface area contributed by atoms with Crippen LogP contribution in [0.1, 0.15) is 49.9 Å². The molecule has 2 heteroatoms. The highest BCUT2D eigenvalue weighted by Crippen LogP contribution is 2.35. The van der Waals surface area contributed by atoms with Crippen molar-refractivity contribution in [3.8, 4) is 5.75 Å². The highest BCUT2D eigenvalue weighted by atomic mass is 16.5. The van der Waals surface area contributed by atoms with Gasteiger partial charge in [-0.2, -0.15) is 0 Å². The maximum atomic E-state index is 5.99. The number of ether oxygens (including phenoxy) is 1. The van der Waals surface area contributed by atoms with Crippen molar-refractivity contribution in [3.63, 3.8) is 0 Å². The molecule has 1 heterocycles. The minimum atomic E-state index is -0.0325. The van der Waals surface area contributed by atoms with Crippen LogP contribution in [0.3, 0.4) is 0 Å². The van der Waals surface area contributed by atoms with Gasteiger partial charge < -0.3 is 10.5 Å². The third-order valence-corrected chi connectivity index (χ3v) is 3.32. The summed E-state index contributed by atoms with van der Waals surface area (Å²) < 4.78 is 5.99. The molecule has 1 aromatic carbocycles. The normalized spacial score (nSPS) is 19.8. The van der Waals surface area contributed by atoms with Crippen molar-refractivity contribution in [3.05, 3.63) is 28.8 Å². The van der Waals surface area contributed by atoms with Gasteiger partial charge in [-0.25, -0.2) is 0 Å². The zero-order chi connectivity index (χ0) is 11.9. The Morgan fingerprint density at radius 3 is 2.69 bits per heavy atom. The highest BCUT2D eigenvalue weighted by Gasteiger charge is 2.27. The van der Waals surface area contributed by atoms with Crippen LogP contribution in [0.5, 0.6) is 5.75 Å². The lowest BCUT2D eigenvalue weighted by atomic mass is 9.90. The van der Waals surface area contributed by atoms with E-state index in [0.717, 1.165) is 18.6 Å². The van der Waals surface area contributed by atoms with Crippen LogP contribution in [-0.2, 0) is 6.42 Å². The van der Waals surface area contributed by atoms with E-state index in [9.17, 15) is 0 Å². The van der Waals surface area contributed by atoms with Crippen molar-refractivity contribution in [2.24, 2.45) is 5.73 Å². The smallest absolute Gasteiger partial charge is 0.123 e. The van der Waals surface area contributed by atoms with Crippen molar-refractivity contribution in [1.29, 1.82) is 0 Å². The lowest BCUT2D eigenvalue weighted by Crippen LogP contribution is -2.32. The van der Waals surface area contributed by atoms with Crippen LogP contribution in [0.15, 0.2) is 12.1 Å². The van der Waals surface area contributed by atoms with E-state index in [-0.39, 0.29) is 11.6 Å². The molecule has 1 aliphatic heterocycles. The van der Waals surface area contributed by atoms with E-state index in [1.165, 1.54) is 16.7 Å². The number of aryl methyl sites for hydroxylation is 2. The number of hydrogen-bond acceptors (Lipinski definition) is 2. The molecule has 2 N–H and O–H groups in total.